The molecule has 2 aliphatic rings. The fraction of sp³-hybridized carbons (Fsp3) is 0.938. The Morgan fingerprint density at radius 2 is 1.95 bits per heavy atom. The van der Waals surface area contributed by atoms with Crippen LogP contribution in [0, 0.1) is 17.3 Å². The third-order valence-corrected chi connectivity index (χ3v) is 4.66. The molecule has 1 amide bonds. The van der Waals surface area contributed by atoms with E-state index in [4.69, 9.17) is 0 Å². The quantitative estimate of drug-likeness (QED) is 0.824. The van der Waals surface area contributed by atoms with Crippen molar-refractivity contribution in [2.75, 3.05) is 13.1 Å². The summed E-state index contributed by atoms with van der Waals surface area (Å²) in [5, 5.41) is 6.56. The molecule has 3 heteroatoms. The fourth-order valence-electron chi connectivity index (χ4n) is 4.21. The number of nitrogens with one attached hydrogen (secondary N) is 2. The zero-order chi connectivity index (χ0) is 13.9. The lowest BCUT2D eigenvalue weighted by Crippen LogP contribution is -2.43. The monoisotopic (exact) mass is 266 g/mol. The first-order chi connectivity index (χ1) is 8.94. The van der Waals surface area contributed by atoms with Gasteiger partial charge in [-0.3, -0.25) is 4.79 Å². The summed E-state index contributed by atoms with van der Waals surface area (Å²) in [5.74, 6) is 1.63. The molecule has 110 valence electrons. The summed E-state index contributed by atoms with van der Waals surface area (Å²) in [5.41, 5.74) is 0.414. The van der Waals surface area contributed by atoms with Crippen LogP contribution >= 0.6 is 0 Å². The second-order valence-corrected chi connectivity index (χ2v) is 7.58. The van der Waals surface area contributed by atoms with Crippen LogP contribution in [0.3, 0.4) is 0 Å². The van der Waals surface area contributed by atoms with Gasteiger partial charge in [0, 0.05) is 12.5 Å². The van der Waals surface area contributed by atoms with E-state index in [-0.39, 0.29) is 5.91 Å². The maximum absolute atomic E-state index is 12.2. The zero-order valence-corrected chi connectivity index (χ0v) is 12.8. The van der Waals surface area contributed by atoms with Crippen LogP contribution in [0.4, 0.5) is 0 Å². The van der Waals surface area contributed by atoms with E-state index in [0.29, 0.717) is 17.4 Å². The van der Waals surface area contributed by atoms with Gasteiger partial charge in [0.05, 0.1) is 0 Å². The van der Waals surface area contributed by atoms with Crippen molar-refractivity contribution >= 4 is 5.91 Å². The van der Waals surface area contributed by atoms with Gasteiger partial charge in [0.25, 0.3) is 0 Å². The molecule has 0 aromatic rings. The highest BCUT2D eigenvalue weighted by atomic mass is 16.1. The first kappa shape index (κ1) is 14.8. The first-order valence-corrected chi connectivity index (χ1v) is 7.95. The number of piperidine rings is 1. The van der Waals surface area contributed by atoms with E-state index in [0.717, 1.165) is 38.3 Å². The van der Waals surface area contributed by atoms with Crippen LogP contribution in [0.2, 0.25) is 0 Å². The highest BCUT2D eigenvalue weighted by Crippen LogP contribution is 2.42. The minimum absolute atomic E-state index is 0.279. The molecule has 2 N–H and O–H groups in total. The summed E-state index contributed by atoms with van der Waals surface area (Å²) in [4.78, 5) is 12.2. The SMILES string of the molecule is CC1CC(CC(=O)NC2CCNCC2)CC(C)(C)C1. The molecule has 2 rings (SSSR count). The molecule has 1 heterocycles. The fourth-order valence-corrected chi connectivity index (χ4v) is 4.21. The lowest BCUT2D eigenvalue weighted by Gasteiger charge is -2.39. The lowest BCUT2D eigenvalue weighted by molar-refractivity contribution is -0.123. The molecule has 0 aromatic carbocycles. The van der Waals surface area contributed by atoms with E-state index in [1.165, 1.54) is 19.3 Å². The van der Waals surface area contributed by atoms with E-state index >= 15 is 0 Å². The Morgan fingerprint density at radius 3 is 2.58 bits per heavy atom. The molecule has 1 aliphatic heterocycles. The molecule has 0 aromatic heterocycles. The van der Waals surface area contributed by atoms with Gasteiger partial charge in [-0.25, -0.2) is 0 Å². The zero-order valence-electron chi connectivity index (χ0n) is 12.8. The Balaban J connectivity index is 1.78. The van der Waals surface area contributed by atoms with E-state index in [1.807, 2.05) is 0 Å². The first-order valence-electron chi connectivity index (χ1n) is 7.95. The van der Waals surface area contributed by atoms with Gasteiger partial charge in [0.1, 0.15) is 0 Å². The second-order valence-electron chi connectivity index (χ2n) is 7.58. The van der Waals surface area contributed by atoms with Crippen molar-refractivity contribution in [2.45, 2.75) is 65.3 Å². The van der Waals surface area contributed by atoms with Crippen LogP contribution < -0.4 is 10.6 Å². The van der Waals surface area contributed by atoms with Crippen LogP contribution in [0.5, 0.6) is 0 Å². The Morgan fingerprint density at radius 1 is 1.26 bits per heavy atom. The molecule has 0 bridgehead atoms. The molecule has 2 unspecified atom stereocenters. The second kappa shape index (κ2) is 6.25. The lowest BCUT2D eigenvalue weighted by atomic mass is 9.67. The summed E-state index contributed by atoms with van der Waals surface area (Å²) in [6, 6.07) is 0.405. The third kappa shape index (κ3) is 4.79. The normalized spacial score (nSPS) is 31.9. The Kier molecular flexibility index (Phi) is 4.88. The average Bonchev–Trinajstić information content (AvgIpc) is 2.26. The van der Waals surface area contributed by atoms with Crippen molar-refractivity contribution < 1.29 is 4.79 Å². The van der Waals surface area contributed by atoms with Gasteiger partial charge in [-0.15, -0.1) is 0 Å². The summed E-state index contributed by atoms with van der Waals surface area (Å²) in [6.07, 6.45) is 6.63. The van der Waals surface area contributed by atoms with Crippen LogP contribution in [0.15, 0.2) is 0 Å². The molecule has 3 nitrogen and oxygen atoms in total. The average molecular weight is 266 g/mol. The van der Waals surface area contributed by atoms with Crippen molar-refractivity contribution in [1.29, 1.82) is 0 Å². The number of carbonyl (C=O) groups excluding carboxylic acids is 1. The Hall–Kier alpha value is -0.570. The van der Waals surface area contributed by atoms with E-state index in [9.17, 15) is 4.79 Å². The minimum atomic E-state index is 0.279. The van der Waals surface area contributed by atoms with Crippen LogP contribution in [0.1, 0.15) is 59.3 Å². The van der Waals surface area contributed by atoms with Crippen molar-refractivity contribution in [3.63, 3.8) is 0 Å². The molecule has 0 radical (unpaired) electrons. The number of carbonyl (C=O) groups is 1. The molecule has 1 saturated heterocycles. The minimum Gasteiger partial charge on any atom is -0.353 e. The van der Waals surface area contributed by atoms with Gasteiger partial charge < -0.3 is 10.6 Å². The maximum Gasteiger partial charge on any atom is 0.220 e. The van der Waals surface area contributed by atoms with Crippen molar-refractivity contribution in [1.82, 2.24) is 10.6 Å². The topological polar surface area (TPSA) is 41.1 Å². The highest BCUT2D eigenvalue weighted by molar-refractivity contribution is 5.76. The van der Waals surface area contributed by atoms with Crippen LogP contribution in [-0.2, 0) is 4.79 Å². The van der Waals surface area contributed by atoms with Crippen molar-refractivity contribution in [3.05, 3.63) is 0 Å². The summed E-state index contributed by atoms with van der Waals surface area (Å²) >= 11 is 0. The molecular formula is C16H30N2O. The van der Waals surface area contributed by atoms with E-state index in [1.54, 1.807) is 0 Å². The summed E-state index contributed by atoms with van der Waals surface area (Å²) in [7, 11) is 0. The molecule has 1 aliphatic carbocycles. The number of hydrogen-bond acceptors (Lipinski definition) is 2. The Labute approximate surface area is 117 Å². The van der Waals surface area contributed by atoms with Gasteiger partial charge >= 0.3 is 0 Å². The molecule has 19 heavy (non-hydrogen) atoms. The van der Waals surface area contributed by atoms with Crippen molar-refractivity contribution in [3.8, 4) is 0 Å². The van der Waals surface area contributed by atoms with Gasteiger partial charge in [0.15, 0.2) is 0 Å². The molecule has 2 atom stereocenters. The molecular weight excluding hydrogens is 236 g/mol. The van der Waals surface area contributed by atoms with E-state index in [2.05, 4.69) is 31.4 Å². The third-order valence-electron chi connectivity index (χ3n) is 4.66. The predicted molar refractivity (Wildman–Crippen MR) is 78.9 cm³/mol. The summed E-state index contributed by atoms with van der Waals surface area (Å²) < 4.78 is 0. The van der Waals surface area contributed by atoms with Gasteiger partial charge in [0.2, 0.25) is 5.91 Å². The maximum atomic E-state index is 12.2. The van der Waals surface area contributed by atoms with E-state index < -0.39 is 0 Å². The number of amides is 1. The Bertz CT molecular complexity index is 308. The van der Waals surface area contributed by atoms with Crippen LogP contribution in [-0.4, -0.2) is 25.0 Å². The van der Waals surface area contributed by atoms with Crippen molar-refractivity contribution in [2.24, 2.45) is 17.3 Å². The van der Waals surface area contributed by atoms with Gasteiger partial charge in [-0.1, -0.05) is 20.8 Å². The number of hydrogen-bond donors (Lipinski definition) is 2. The van der Waals surface area contributed by atoms with Crippen LogP contribution in [0.25, 0.3) is 0 Å². The smallest absolute Gasteiger partial charge is 0.220 e. The molecule has 2 fully saturated rings. The van der Waals surface area contributed by atoms with Gasteiger partial charge in [-0.2, -0.15) is 0 Å². The predicted octanol–water partition coefficient (Wildman–Crippen LogP) is 2.71. The summed E-state index contributed by atoms with van der Waals surface area (Å²) in [6.45, 7) is 9.11. The van der Waals surface area contributed by atoms with Gasteiger partial charge in [-0.05, 0) is 62.4 Å². The standard InChI is InChI=1S/C16H30N2O/c1-12-8-13(11-16(2,3)10-12)9-15(19)18-14-4-6-17-7-5-14/h12-14,17H,4-11H2,1-3H3,(H,18,19). The highest BCUT2D eigenvalue weighted by Gasteiger charge is 2.33. The molecule has 0 spiro atoms. The number of rotatable bonds is 3. The largest absolute Gasteiger partial charge is 0.353 e. The molecule has 1 saturated carbocycles.